The van der Waals surface area contributed by atoms with Gasteiger partial charge in [0.2, 0.25) is 0 Å². The maximum Gasteiger partial charge on any atom is 0.319 e. The van der Waals surface area contributed by atoms with E-state index in [-0.39, 0.29) is 6.03 Å². The van der Waals surface area contributed by atoms with E-state index in [1.54, 1.807) is 0 Å². The second kappa shape index (κ2) is 6.98. The lowest BCUT2D eigenvalue weighted by Crippen LogP contribution is -2.29. The highest BCUT2D eigenvalue weighted by Crippen LogP contribution is 2.23. The SMILES string of the molecule is Cc1ccc(CNC(=O)Nc2ccccc2N(C)C)c(C)c1. The molecule has 0 saturated heterocycles. The van der Waals surface area contributed by atoms with E-state index in [2.05, 4.69) is 42.7 Å². The van der Waals surface area contributed by atoms with Crippen LogP contribution in [-0.2, 0) is 6.54 Å². The predicted octanol–water partition coefficient (Wildman–Crippen LogP) is 3.69. The van der Waals surface area contributed by atoms with E-state index in [1.165, 1.54) is 11.1 Å². The van der Waals surface area contributed by atoms with E-state index < -0.39 is 0 Å². The number of benzene rings is 2. The summed E-state index contributed by atoms with van der Waals surface area (Å²) in [6.07, 6.45) is 0. The van der Waals surface area contributed by atoms with Crippen LogP contribution >= 0.6 is 0 Å². The van der Waals surface area contributed by atoms with Crippen LogP contribution in [0, 0.1) is 13.8 Å². The first kappa shape index (κ1) is 15.9. The lowest BCUT2D eigenvalue weighted by molar-refractivity contribution is 0.251. The first-order valence-electron chi connectivity index (χ1n) is 7.34. The fraction of sp³-hybridized carbons (Fsp3) is 0.278. The van der Waals surface area contributed by atoms with Crippen LogP contribution in [0.4, 0.5) is 16.2 Å². The predicted molar refractivity (Wildman–Crippen MR) is 92.5 cm³/mol. The molecule has 22 heavy (non-hydrogen) atoms. The molecule has 0 radical (unpaired) electrons. The third-order valence-electron chi connectivity index (χ3n) is 3.57. The normalized spacial score (nSPS) is 10.2. The Morgan fingerprint density at radius 2 is 1.82 bits per heavy atom. The second-order valence-corrected chi connectivity index (χ2v) is 5.65. The topological polar surface area (TPSA) is 44.4 Å². The zero-order chi connectivity index (χ0) is 16.1. The fourth-order valence-electron chi connectivity index (χ4n) is 2.36. The van der Waals surface area contributed by atoms with Crippen molar-refractivity contribution in [2.24, 2.45) is 0 Å². The number of hydrogen-bond donors (Lipinski definition) is 2. The van der Waals surface area contributed by atoms with Crippen molar-refractivity contribution in [1.29, 1.82) is 0 Å². The summed E-state index contributed by atoms with van der Waals surface area (Å²) in [6, 6.07) is 13.8. The van der Waals surface area contributed by atoms with Crippen molar-refractivity contribution >= 4 is 17.4 Å². The third-order valence-corrected chi connectivity index (χ3v) is 3.57. The van der Waals surface area contributed by atoms with Gasteiger partial charge in [-0.2, -0.15) is 0 Å². The number of nitrogens with one attached hydrogen (secondary N) is 2. The number of amides is 2. The van der Waals surface area contributed by atoms with Crippen molar-refractivity contribution < 1.29 is 4.79 Å². The number of urea groups is 1. The largest absolute Gasteiger partial charge is 0.376 e. The standard InChI is InChI=1S/C18H23N3O/c1-13-9-10-15(14(2)11-13)12-19-18(22)20-16-7-5-6-8-17(16)21(3)4/h5-11H,12H2,1-4H3,(H2,19,20,22). The number of carbonyl (C=O) groups is 1. The summed E-state index contributed by atoms with van der Waals surface area (Å²) in [5, 5.41) is 5.81. The lowest BCUT2D eigenvalue weighted by Gasteiger charge is -2.18. The second-order valence-electron chi connectivity index (χ2n) is 5.65. The van der Waals surface area contributed by atoms with Gasteiger partial charge in [-0.25, -0.2) is 4.79 Å². The third kappa shape index (κ3) is 4.01. The molecule has 2 aromatic rings. The quantitative estimate of drug-likeness (QED) is 0.904. The van der Waals surface area contributed by atoms with Gasteiger partial charge >= 0.3 is 6.03 Å². The maximum atomic E-state index is 12.1. The Kier molecular flexibility index (Phi) is 5.04. The minimum absolute atomic E-state index is 0.200. The monoisotopic (exact) mass is 297 g/mol. The Hall–Kier alpha value is -2.49. The summed E-state index contributed by atoms with van der Waals surface area (Å²) in [5.74, 6) is 0. The van der Waals surface area contributed by atoms with Gasteiger partial charge in [-0.05, 0) is 37.1 Å². The molecule has 0 heterocycles. The summed E-state index contributed by atoms with van der Waals surface area (Å²) >= 11 is 0. The Morgan fingerprint density at radius 1 is 1.09 bits per heavy atom. The Balaban J connectivity index is 1.99. The van der Waals surface area contributed by atoms with Crippen molar-refractivity contribution in [1.82, 2.24) is 5.32 Å². The van der Waals surface area contributed by atoms with Gasteiger partial charge in [0.1, 0.15) is 0 Å². The van der Waals surface area contributed by atoms with Gasteiger partial charge < -0.3 is 15.5 Å². The highest BCUT2D eigenvalue weighted by Gasteiger charge is 2.08. The van der Waals surface area contributed by atoms with Gasteiger partial charge in [0.15, 0.2) is 0 Å². The Labute approximate surface area is 132 Å². The summed E-state index contributed by atoms with van der Waals surface area (Å²) in [7, 11) is 3.90. The average Bonchev–Trinajstić information content (AvgIpc) is 2.46. The number of carbonyl (C=O) groups excluding carboxylic acids is 1. The number of aryl methyl sites for hydroxylation is 2. The molecule has 2 amide bonds. The van der Waals surface area contributed by atoms with Crippen LogP contribution in [0.5, 0.6) is 0 Å². The van der Waals surface area contributed by atoms with E-state index in [9.17, 15) is 4.79 Å². The molecule has 2 aromatic carbocycles. The average molecular weight is 297 g/mol. The van der Waals surface area contributed by atoms with Crippen molar-refractivity contribution in [3.8, 4) is 0 Å². The zero-order valence-corrected chi connectivity index (χ0v) is 13.6. The summed E-state index contributed by atoms with van der Waals surface area (Å²) in [5.41, 5.74) is 5.32. The highest BCUT2D eigenvalue weighted by atomic mass is 16.2. The molecule has 0 aliphatic carbocycles. The van der Waals surface area contributed by atoms with Crippen molar-refractivity contribution in [2.45, 2.75) is 20.4 Å². The first-order valence-corrected chi connectivity index (χ1v) is 7.34. The number of hydrogen-bond acceptors (Lipinski definition) is 2. The van der Waals surface area contributed by atoms with Gasteiger partial charge in [-0.3, -0.25) is 0 Å². The maximum absolute atomic E-state index is 12.1. The van der Waals surface area contributed by atoms with Crippen LogP contribution < -0.4 is 15.5 Å². The van der Waals surface area contributed by atoms with Gasteiger partial charge in [-0.1, -0.05) is 35.9 Å². The minimum Gasteiger partial charge on any atom is -0.376 e. The molecule has 4 heteroatoms. The fourth-order valence-corrected chi connectivity index (χ4v) is 2.36. The van der Waals surface area contributed by atoms with Gasteiger partial charge in [0, 0.05) is 20.6 Å². The Morgan fingerprint density at radius 3 is 2.50 bits per heavy atom. The molecule has 0 aromatic heterocycles. The van der Waals surface area contributed by atoms with Gasteiger partial charge in [-0.15, -0.1) is 0 Å². The molecular formula is C18H23N3O. The number of nitrogens with zero attached hydrogens (tertiary/aromatic N) is 1. The van der Waals surface area contributed by atoms with Crippen LogP contribution in [0.1, 0.15) is 16.7 Å². The molecule has 0 unspecified atom stereocenters. The van der Waals surface area contributed by atoms with Gasteiger partial charge in [0.25, 0.3) is 0 Å². The molecule has 0 aliphatic heterocycles. The molecule has 0 spiro atoms. The van der Waals surface area contributed by atoms with E-state index in [4.69, 9.17) is 0 Å². The molecule has 0 fully saturated rings. The molecule has 4 nitrogen and oxygen atoms in total. The van der Waals surface area contributed by atoms with E-state index in [1.807, 2.05) is 43.3 Å². The highest BCUT2D eigenvalue weighted by molar-refractivity contribution is 5.93. The van der Waals surface area contributed by atoms with Crippen LogP contribution in [0.3, 0.4) is 0 Å². The summed E-state index contributed by atoms with van der Waals surface area (Å²) in [4.78, 5) is 14.1. The van der Waals surface area contributed by atoms with E-state index in [0.717, 1.165) is 16.9 Å². The Bertz CT molecular complexity index is 665. The molecule has 0 atom stereocenters. The smallest absolute Gasteiger partial charge is 0.319 e. The molecular weight excluding hydrogens is 274 g/mol. The van der Waals surface area contributed by atoms with E-state index >= 15 is 0 Å². The van der Waals surface area contributed by atoms with Crippen molar-refractivity contribution in [2.75, 3.05) is 24.3 Å². The van der Waals surface area contributed by atoms with Crippen LogP contribution in [0.15, 0.2) is 42.5 Å². The molecule has 2 N–H and O–H groups in total. The van der Waals surface area contributed by atoms with Crippen LogP contribution in [0.25, 0.3) is 0 Å². The number of anilines is 2. The summed E-state index contributed by atoms with van der Waals surface area (Å²) in [6.45, 7) is 4.64. The first-order chi connectivity index (χ1) is 10.5. The van der Waals surface area contributed by atoms with E-state index in [0.29, 0.717) is 6.54 Å². The number of para-hydroxylation sites is 2. The number of rotatable bonds is 4. The molecule has 0 aliphatic rings. The molecule has 116 valence electrons. The summed E-state index contributed by atoms with van der Waals surface area (Å²) < 4.78 is 0. The van der Waals surface area contributed by atoms with Crippen molar-refractivity contribution in [3.63, 3.8) is 0 Å². The molecule has 0 saturated carbocycles. The van der Waals surface area contributed by atoms with Gasteiger partial charge in [0.05, 0.1) is 11.4 Å². The minimum atomic E-state index is -0.200. The molecule has 0 bridgehead atoms. The molecule has 2 rings (SSSR count). The van der Waals surface area contributed by atoms with Crippen LogP contribution in [-0.4, -0.2) is 20.1 Å². The van der Waals surface area contributed by atoms with Crippen LogP contribution in [0.2, 0.25) is 0 Å². The lowest BCUT2D eigenvalue weighted by atomic mass is 10.1. The zero-order valence-electron chi connectivity index (χ0n) is 13.6. The van der Waals surface area contributed by atoms with Crippen molar-refractivity contribution in [3.05, 3.63) is 59.2 Å².